The number of nitrogens with zero attached hydrogens (tertiary/aromatic N) is 2. The number of piperidine rings is 1. The van der Waals surface area contributed by atoms with Crippen molar-refractivity contribution in [2.24, 2.45) is 0 Å². The number of morpholine rings is 1. The Morgan fingerprint density at radius 1 is 1.17 bits per heavy atom. The van der Waals surface area contributed by atoms with E-state index >= 15 is 4.39 Å². The Balaban J connectivity index is 1.60. The van der Waals surface area contributed by atoms with Crippen LogP contribution in [0.5, 0.6) is 0 Å². The van der Waals surface area contributed by atoms with Crippen LogP contribution in [0, 0.1) is 5.82 Å². The molecule has 8 nitrogen and oxygen atoms in total. The highest BCUT2D eigenvalue weighted by atomic mass is 19.1. The van der Waals surface area contributed by atoms with E-state index in [1.165, 1.54) is 5.32 Å². The molecule has 0 bridgehead atoms. The molecule has 2 fully saturated rings. The number of hydrogen-bond donors (Lipinski definition) is 2. The Kier molecular flexibility index (Phi) is 3.16. The van der Waals surface area contributed by atoms with Gasteiger partial charge in [0.2, 0.25) is 11.8 Å². The molecule has 2 N–H and O–H groups in total. The Bertz CT molecular complexity index is 1920. The molecule has 3 aliphatic rings. The lowest BCUT2D eigenvalue weighted by Crippen LogP contribution is -2.52. The fourth-order valence-corrected chi connectivity index (χ4v) is 3.56. The number of halogens is 1. The van der Waals surface area contributed by atoms with Gasteiger partial charge >= 0.3 is 0 Å². The number of nitrogens with one attached hydrogen (secondary N) is 2. The van der Waals surface area contributed by atoms with Crippen molar-refractivity contribution < 1.29 is 46.8 Å². The largest absolute Gasteiger partial charge is 0.381 e. The highest BCUT2D eigenvalue weighted by Crippen LogP contribution is 2.32. The summed E-state index contributed by atoms with van der Waals surface area (Å²) >= 11 is 0. The summed E-state index contributed by atoms with van der Waals surface area (Å²) in [5, 5.41) is 3.64. The van der Waals surface area contributed by atoms with E-state index in [0.717, 1.165) is 50.2 Å². The molecule has 2 saturated heterocycles. The molecular weight excluding hydrogens is 463 g/mol. The molecule has 3 heterocycles. The Morgan fingerprint density at radius 3 is 2.67 bits per heavy atom. The number of carbonyl (C=O) groups excluding carboxylic acids is 3. The number of benzene rings is 2. The lowest BCUT2D eigenvalue weighted by atomic mass is 10.0. The van der Waals surface area contributed by atoms with Gasteiger partial charge in [-0.1, -0.05) is 24.3 Å². The van der Waals surface area contributed by atoms with E-state index in [1.807, 2.05) is 0 Å². The molecule has 36 heavy (non-hydrogen) atoms. The number of rotatable bonds is 6. The van der Waals surface area contributed by atoms with Gasteiger partial charge in [0, 0.05) is 80.5 Å². The Labute approximate surface area is 233 Å². The van der Waals surface area contributed by atoms with Crippen LogP contribution in [-0.2, 0) is 33.8 Å². The normalized spacial score (nSPS) is 45.5. The monoisotopic (exact) mass is 511 g/mol. The number of anilines is 1. The van der Waals surface area contributed by atoms with E-state index in [9.17, 15) is 14.4 Å². The minimum absolute atomic E-state index is 0.187. The van der Waals surface area contributed by atoms with Crippen molar-refractivity contribution in [1.29, 1.82) is 0 Å². The van der Waals surface area contributed by atoms with Gasteiger partial charge in [0.25, 0.3) is 5.91 Å². The van der Waals surface area contributed by atoms with Crippen molar-refractivity contribution in [3.63, 3.8) is 0 Å². The summed E-state index contributed by atoms with van der Waals surface area (Å²) in [6.45, 7) is -15.4. The average molecular weight is 512 g/mol. The highest BCUT2D eigenvalue weighted by molar-refractivity contribution is 6.06. The van der Waals surface area contributed by atoms with Crippen LogP contribution in [0.25, 0.3) is 0 Å². The number of carbonyl (C=O) groups is 3. The first-order chi connectivity index (χ1) is 23.6. The van der Waals surface area contributed by atoms with Crippen molar-refractivity contribution in [3.05, 3.63) is 64.5 Å². The summed E-state index contributed by atoms with van der Waals surface area (Å²) in [4.78, 5) is 38.4. The zero-order valence-electron chi connectivity index (χ0n) is 35.9. The van der Waals surface area contributed by atoms with Gasteiger partial charge < -0.3 is 15.0 Å². The topological polar surface area (TPSA) is 91.0 Å². The molecule has 190 valence electrons. The second-order valence-electron chi connectivity index (χ2n) is 7.66. The smallest absolute Gasteiger partial charge is 0.255 e. The summed E-state index contributed by atoms with van der Waals surface area (Å²) in [7, 11) is 0. The number of ether oxygens (including phenoxy) is 1. The second-order valence-corrected chi connectivity index (χ2v) is 7.66. The molecule has 3 unspecified atom stereocenters. The standard InChI is InChI=1S/C27H31FN4O4/c1-16-12-31(13-17(2)36-16)14-19-6-3-5-18(25(19)28)11-29-22-8-4-7-20-21(22)15-32(27(20)35)23-9-10-24(33)30-26(23)34/h3-8,16-17,23,29H,9-15H2,1-2H3,(H,30,33,34)/i9D2,10D2,11D2,12D2,13D2,14D2,15D2,16D,17D,23D. The summed E-state index contributed by atoms with van der Waals surface area (Å²) in [6.07, 6.45) is -13.1. The first-order valence-electron chi connectivity index (χ1n) is 19.0. The SMILES string of the molecule is [2H]C([2H])(Nc1cccc2c1C([2H])([2H])N(C1([2H])C(=O)NC(=O)C([2H])([2H])C1([2H])[2H])C2=O)c1cccc(C([2H])([2H])N2C([2H])([2H])C([2H])(C)OC([2H])(C)C2([2H])[2H])c1F. The van der Waals surface area contributed by atoms with Crippen molar-refractivity contribution in [2.45, 2.75) is 64.3 Å². The van der Waals surface area contributed by atoms with Crippen molar-refractivity contribution in [1.82, 2.24) is 15.1 Å². The van der Waals surface area contributed by atoms with E-state index in [4.69, 9.17) is 28.0 Å². The van der Waals surface area contributed by atoms with Gasteiger partial charge in [-0.05, 0) is 32.4 Å². The third-order valence-electron chi connectivity index (χ3n) is 5.09. The zero-order chi connectivity index (χ0) is 40.7. The molecule has 9 heteroatoms. The Morgan fingerprint density at radius 2 is 1.89 bits per heavy atom. The number of imide groups is 1. The molecule has 0 saturated carbocycles. The van der Waals surface area contributed by atoms with Gasteiger partial charge in [-0.2, -0.15) is 0 Å². The third-order valence-corrected chi connectivity index (χ3v) is 5.09. The van der Waals surface area contributed by atoms with E-state index in [2.05, 4.69) is 5.32 Å². The van der Waals surface area contributed by atoms with E-state index in [-0.39, 0.29) is 9.80 Å². The lowest BCUT2D eigenvalue weighted by molar-refractivity contribution is -0.136. The molecule has 3 atom stereocenters. The lowest BCUT2D eigenvalue weighted by Gasteiger charge is -2.35. The maximum absolute atomic E-state index is 16.5. The minimum atomic E-state index is -3.87. The third kappa shape index (κ3) is 4.85. The molecule has 0 spiro atoms. The number of hydrogen-bond acceptors (Lipinski definition) is 6. The Hall–Kier alpha value is -3.30. The minimum Gasteiger partial charge on any atom is -0.381 e. The quantitative estimate of drug-likeness (QED) is 0.580. The average Bonchev–Trinajstić information content (AvgIpc) is 3.19. The molecule has 0 aromatic heterocycles. The van der Waals surface area contributed by atoms with Gasteiger partial charge in [0.1, 0.15) is 11.8 Å². The van der Waals surface area contributed by atoms with Crippen LogP contribution >= 0.6 is 0 Å². The second kappa shape index (κ2) is 9.99. The zero-order valence-corrected chi connectivity index (χ0v) is 18.9. The van der Waals surface area contributed by atoms with E-state index in [0.29, 0.717) is 0 Å². The number of fused-ring (bicyclic) bond motifs is 1. The molecule has 2 aromatic carbocycles. The fourth-order valence-electron chi connectivity index (χ4n) is 3.56. The van der Waals surface area contributed by atoms with Gasteiger partial charge in [-0.15, -0.1) is 0 Å². The van der Waals surface area contributed by atoms with Crippen molar-refractivity contribution >= 4 is 23.4 Å². The maximum atomic E-state index is 16.5. The molecular formula is C27H31FN4O4. The van der Waals surface area contributed by atoms with Crippen LogP contribution in [0.3, 0.4) is 0 Å². The van der Waals surface area contributed by atoms with Gasteiger partial charge in [0.05, 0.1) is 21.8 Å². The summed E-state index contributed by atoms with van der Waals surface area (Å²) in [6, 6.07) is 1.74. The van der Waals surface area contributed by atoms with Gasteiger partial charge in [-0.3, -0.25) is 24.6 Å². The fraction of sp³-hybridized carbons (Fsp3) is 0.444. The van der Waals surface area contributed by atoms with Crippen LogP contribution in [0.1, 0.15) is 76.9 Å². The van der Waals surface area contributed by atoms with Crippen molar-refractivity contribution in [2.75, 3.05) is 18.3 Å². The van der Waals surface area contributed by atoms with Crippen LogP contribution in [0.15, 0.2) is 36.4 Å². The summed E-state index contributed by atoms with van der Waals surface area (Å²) in [5.74, 6) is -6.92. The van der Waals surface area contributed by atoms with E-state index in [1.54, 1.807) is 0 Å². The molecule has 3 amide bonds. The molecule has 0 radical (unpaired) electrons. The summed E-state index contributed by atoms with van der Waals surface area (Å²) in [5.41, 5.74) is -4.30. The van der Waals surface area contributed by atoms with E-state index < -0.39 is 115 Å². The summed E-state index contributed by atoms with van der Waals surface area (Å²) < 4.78 is 166. The van der Waals surface area contributed by atoms with Gasteiger partial charge in [0.15, 0.2) is 0 Å². The molecule has 3 aliphatic heterocycles. The van der Waals surface area contributed by atoms with Crippen LogP contribution in [0.4, 0.5) is 10.1 Å². The maximum Gasteiger partial charge on any atom is 0.255 e. The first kappa shape index (κ1) is 11.4. The molecule has 2 aromatic rings. The molecule has 0 aliphatic carbocycles. The molecule has 5 rings (SSSR count). The first-order valence-corrected chi connectivity index (χ1v) is 10.5. The predicted octanol–water partition coefficient (Wildman–Crippen LogP) is 2.81. The number of amides is 3. The van der Waals surface area contributed by atoms with Crippen molar-refractivity contribution in [3.8, 4) is 0 Å². The van der Waals surface area contributed by atoms with Gasteiger partial charge in [-0.25, -0.2) is 4.39 Å². The van der Waals surface area contributed by atoms with Crippen LogP contribution in [0.2, 0.25) is 0 Å². The highest BCUT2D eigenvalue weighted by Gasteiger charge is 2.39. The van der Waals surface area contributed by atoms with Crippen LogP contribution < -0.4 is 10.6 Å². The van der Waals surface area contributed by atoms with Crippen LogP contribution in [-0.4, -0.2) is 58.7 Å². The predicted molar refractivity (Wildman–Crippen MR) is 131 cm³/mol.